The number of piperidine rings is 1. The standard InChI is InChI=1S/C16H27N3O2/c1-3-13-6-7-19(14(9-13)10-17)11-16(20)18-12(2)15-5-4-8-21-15/h4-5,8,12-14H,3,6-7,9-11,17H2,1-2H3,(H,18,20). The molecule has 1 fully saturated rings. The molecule has 1 amide bonds. The number of carbonyl (C=O) groups excluding carboxylic acids is 1. The molecule has 0 aliphatic carbocycles. The van der Waals surface area contributed by atoms with Crippen LogP contribution >= 0.6 is 0 Å². The molecule has 5 nitrogen and oxygen atoms in total. The zero-order valence-corrected chi connectivity index (χ0v) is 13.0. The van der Waals surface area contributed by atoms with Crippen LogP contribution in [-0.2, 0) is 4.79 Å². The topological polar surface area (TPSA) is 71.5 Å². The van der Waals surface area contributed by atoms with Crippen LogP contribution in [0.2, 0.25) is 0 Å². The average Bonchev–Trinajstić information content (AvgIpc) is 3.01. The highest BCUT2D eigenvalue weighted by atomic mass is 16.3. The van der Waals surface area contributed by atoms with Gasteiger partial charge in [-0.2, -0.15) is 0 Å². The van der Waals surface area contributed by atoms with Crippen LogP contribution in [0.15, 0.2) is 22.8 Å². The molecule has 0 aromatic carbocycles. The van der Waals surface area contributed by atoms with Crippen molar-refractivity contribution in [3.63, 3.8) is 0 Å². The Morgan fingerprint density at radius 3 is 3.05 bits per heavy atom. The Hall–Kier alpha value is -1.33. The first kappa shape index (κ1) is 16.0. The Balaban J connectivity index is 1.84. The van der Waals surface area contributed by atoms with Crippen molar-refractivity contribution in [1.82, 2.24) is 10.2 Å². The third-order valence-electron chi connectivity index (χ3n) is 4.49. The number of nitrogens with zero attached hydrogens (tertiary/aromatic N) is 1. The molecule has 0 saturated carbocycles. The van der Waals surface area contributed by atoms with Gasteiger partial charge in [0.1, 0.15) is 5.76 Å². The van der Waals surface area contributed by atoms with Crippen molar-refractivity contribution < 1.29 is 9.21 Å². The molecule has 5 heteroatoms. The maximum absolute atomic E-state index is 12.2. The first-order valence-electron chi connectivity index (χ1n) is 7.90. The molecule has 1 aliphatic heterocycles. The fourth-order valence-corrected chi connectivity index (χ4v) is 3.09. The number of likely N-dealkylation sites (tertiary alicyclic amines) is 1. The highest BCUT2D eigenvalue weighted by Gasteiger charge is 2.28. The lowest BCUT2D eigenvalue weighted by molar-refractivity contribution is -0.124. The van der Waals surface area contributed by atoms with Crippen LogP contribution in [0.1, 0.15) is 44.9 Å². The number of furan rings is 1. The Bertz CT molecular complexity index is 433. The van der Waals surface area contributed by atoms with Crippen molar-refractivity contribution >= 4 is 5.91 Å². The van der Waals surface area contributed by atoms with E-state index >= 15 is 0 Å². The second-order valence-corrected chi connectivity index (χ2v) is 5.96. The summed E-state index contributed by atoms with van der Waals surface area (Å²) in [5, 5.41) is 2.98. The molecule has 2 heterocycles. The summed E-state index contributed by atoms with van der Waals surface area (Å²) in [5.41, 5.74) is 5.88. The lowest BCUT2D eigenvalue weighted by atomic mass is 9.89. The lowest BCUT2D eigenvalue weighted by Gasteiger charge is -2.38. The molecule has 0 bridgehead atoms. The maximum Gasteiger partial charge on any atom is 0.234 e. The van der Waals surface area contributed by atoms with Gasteiger partial charge in [0.25, 0.3) is 0 Å². The minimum atomic E-state index is -0.1000. The van der Waals surface area contributed by atoms with Gasteiger partial charge in [0.2, 0.25) is 5.91 Å². The Morgan fingerprint density at radius 2 is 2.43 bits per heavy atom. The lowest BCUT2D eigenvalue weighted by Crippen LogP contribution is -2.50. The highest BCUT2D eigenvalue weighted by molar-refractivity contribution is 5.78. The van der Waals surface area contributed by atoms with Crippen molar-refractivity contribution in [3.8, 4) is 0 Å². The molecule has 1 aromatic rings. The largest absolute Gasteiger partial charge is 0.467 e. The maximum atomic E-state index is 12.2. The predicted molar refractivity (Wildman–Crippen MR) is 82.7 cm³/mol. The zero-order valence-electron chi connectivity index (χ0n) is 13.0. The summed E-state index contributed by atoms with van der Waals surface area (Å²) in [6, 6.07) is 3.93. The number of nitrogens with two attached hydrogens (primary N) is 1. The van der Waals surface area contributed by atoms with Crippen LogP contribution in [-0.4, -0.2) is 36.5 Å². The van der Waals surface area contributed by atoms with Gasteiger partial charge in [0, 0.05) is 12.6 Å². The van der Waals surface area contributed by atoms with E-state index in [-0.39, 0.29) is 11.9 Å². The summed E-state index contributed by atoms with van der Waals surface area (Å²) in [7, 11) is 0. The average molecular weight is 293 g/mol. The molecule has 0 radical (unpaired) electrons. The SMILES string of the molecule is CCC1CCN(CC(=O)NC(C)c2ccco2)C(CN)C1. The van der Waals surface area contributed by atoms with E-state index in [1.54, 1.807) is 6.26 Å². The Morgan fingerprint density at radius 1 is 1.62 bits per heavy atom. The molecule has 3 unspecified atom stereocenters. The second kappa shape index (κ2) is 7.61. The van der Waals surface area contributed by atoms with Crippen LogP contribution < -0.4 is 11.1 Å². The minimum absolute atomic E-state index is 0.0345. The van der Waals surface area contributed by atoms with Gasteiger partial charge < -0.3 is 15.5 Å². The van der Waals surface area contributed by atoms with E-state index < -0.39 is 0 Å². The van der Waals surface area contributed by atoms with Gasteiger partial charge in [0.05, 0.1) is 18.8 Å². The Kier molecular flexibility index (Phi) is 5.82. The van der Waals surface area contributed by atoms with Crippen molar-refractivity contribution in [2.75, 3.05) is 19.6 Å². The van der Waals surface area contributed by atoms with E-state index in [2.05, 4.69) is 17.1 Å². The number of hydrogen-bond donors (Lipinski definition) is 2. The van der Waals surface area contributed by atoms with Crippen LogP contribution in [0.5, 0.6) is 0 Å². The van der Waals surface area contributed by atoms with Gasteiger partial charge >= 0.3 is 0 Å². The zero-order chi connectivity index (χ0) is 15.2. The molecule has 21 heavy (non-hydrogen) atoms. The van der Waals surface area contributed by atoms with Gasteiger partial charge in [-0.1, -0.05) is 13.3 Å². The van der Waals surface area contributed by atoms with Gasteiger partial charge in [-0.25, -0.2) is 0 Å². The van der Waals surface area contributed by atoms with Crippen molar-refractivity contribution in [3.05, 3.63) is 24.2 Å². The summed E-state index contributed by atoms with van der Waals surface area (Å²) in [4.78, 5) is 14.4. The van der Waals surface area contributed by atoms with Crippen LogP contribution in [0, 0.1) is 5.92 Å². The van der Waals surface area contributed by atoms with Crippen LogP contribution in [0.4, 0.5) is 0 Å². The normalized spacial score (nSPS) is 24.7. The molecular weight excluding hydrogens is 266 g/mol. The van der Waals surface area contributed by atoms with Crippen molar-refractivity contribution in [1.29, 1.82) is 0 Å². The second-order valence-electron chi connectivity index (χ2n) is 5.96. The first-order chi connectivity index (χ1) is 10.1. The van der Waals surface area contributed by atoms with E-state index in [0.717, 1.165) is 31.1 Å². The summed E-state index contributed by atoms with van der Waals surface area (Å²) < 4.78 is 5.31. The Labute approximate surface area is 126 Å². The first-order valence-corrected chi connectivity index (χ1v) is 7.90. The fraction of sp³-hybridized carbons (Fsp3) is 0.688. The third kappa shape index (κ3) is 4.32. The number of amides is 1. The van der Waals surface area contributed by atoms with Crippen molar-refractivity contribution in [2.24, 2.45) is 11.7 Å². The summed E-state index contributed by atoms with van der Waals surface area (Å²) >= 11 is 0. The molecule has 0 spiro atoms. The third-order valence-corrected chi connectivity index (χ3v) is 4.49. The highest BCUT2D eigenvalue weighted by Crippen LogP contribution is 2.24. The fourth-order valence-electron chi connectivity index (χ4n) is 3.09. The quantitative estimate of drug-likeness (QED) is 0.840. The molecule has 3 atom stereocenters. The van der Waals surface area contributed by atoms with E-state index in [1.807, 2.05) is 19.1 Å². The predicted octanol–water partition coefficient (Wildman–Crippen LogP) is 1.91. The molecule has 2 rings (SSSR count). The minimum Gasteiger partial charge on any atom is -0.467 e. The van der Waals surface area contributed by atoms with Gasteiger partial charge in [0.15, 0.2) is 0 Å². The van der Waals surface area contributed by atoms with Gasteiger partial charge in [-0.3, -0.25) is 9.69 Å². The molecule has 118 valence electrons. The van der Waals surface area contributed by atoms with Crippen LogP contribution in [0.3, 0.4) is 0 Å². The molecule has 1 saturated heterocycles. The van der Waals surface area contributed by atoms with E-state index in [1.165, 1.54) is 6.42 Å². The van der Waals surface area contributed by atoms with Gasteiger partial charge in [-0.15, -0.1) is 0 Å². The van der Waals surface area contributed by atoms with Crippen LogP contribution in [0.25, 0.3) is 0 Å². The number of carbonyl (C=O) groups is 1. The molecule has 3 N–H and O–H groups in total. The van der Waals surface area contributed by atoms with E-state index in [9.17, 15) is 4.79 Å². The molecule has 1 aromatic heterocycles. The number of hydrogen-bond acceptors (Lipinski definition) is 4. The van der Waals surface area contributed by atoms with E-state index in [0.29, 0.717) is 19.1 Å². The number of nitrogens with one attached hydrogen (secondary N) is 1. The summed E-state index contributed by atoms with van der Waals surface area (Å²) in [6.45, 7) is 6.16. The summed E-state index contributed by atoms with van der Waals surface area (Å²) in [6.07, 6.45) is 5.09. The van der Waals surface area contributed by atoms with E-state index in [4.69, 9.17) is 10.2 Å². The van der Waals surface area contributed by atoms with Gasteiger partial charge in [-0.05, 0) is 44.4 Å². The smallest absolute Gasteiger partial charge is 0.234 e. The molecular formula is C16H27N3O2. The number of rotatable bonds is 6. The van der Waals surface area contributed by atoms with Crippen molar-refractivity contribution in [2.45, 2.75) is 45.2 Å². The monoisotopic (exact) mass is 293 g/mol. The summed E-state index contributed by atoms with van der Waals surface area (Å²) in [5.74, 6) is 1.57. The molecule has 1 aliphatic rings.